The molecule has 3 nitrogen and oxygen atoms in total. The second kappa shape index (κ2) is 5.16. The summed E-state index contributed by atoms with van der Waals surface area (Å²) in [6.45, 7) is 2.12. The molecule has 0 unspecified atom stereocenters. The van der Waals surface area contributed by atoms with E-state index < -0.39 is 0 Å². The molecule has 2 aromatic rings. The van der Waals surface area contributed by atoms with Gasteiger partial charge >= 0.3 is 0 Å². The highest BCUT2D eigenvalue weighted by Gasteiger charge is 2.29. The number of hydrogen-bond acceptors (Lipinski definition) is 3. The zero-order valence-corrected chi connectivity index (χ0v) is 12.5. The van der Waals surface area contributed by atoms with Crippen molar-refractivity contribution in [2.75, 3.05) is 18.0 Å². The molecule has 3 heteroatoms. The van der Waals surface area contributed by atoms with Crippen LogP contribution in [-0.4, -0.2) is 24.0 Å². The normalized spacial score (nSPS) is 16.3. The van der Waals surface area contributed by atoms with Crippen LogP contribution in [-0.2, 0) is 12.8 Å². The SMILES string of the molecule is O=C(c1ccccc1)c1cc2c3c(c1O)CCCN3CCC2. The molecule has 0 saturated heterocycles. The van der Waals surface area contributed by atoms with Crippen LogP contribution in [0.5, 0.6) is 5.75 Å². The molecule has 0 bridgehead atoms. The van der Waals surface area contributed by atoms with E-state index >= 15 is 0 Å². The van der Waals surface area contributed by atoms with Crippen molar-refractivity contribution in [2.24, 2.45) is 0 Å². The first kappa shape index (κ1) is 13.4. The smallest absolute Gasteiger partial charge is 0.196 e. The molecular formula is C19H19NO2. The lowest BCUT2D eigenvalue weighted by Gasteiger charge is -2.37. The van der Waals surface area contributed by atoms with E-state index in [0.717, 1.165) is 44.3 Å². The maximum Gasteiger partial charge on any atom is 0.196 e. The Hall–Kier alpha value is -2.29. The molecule has 0 fully saturated rings. The number of carbonyl (C=O) groups excluding carboxylic acids is 1. The Bertz CT molecular complexity index is 735. The van der Waals surface area contributed by atoms with Gasteiger partial charge in [0, 0.05) is 29.9 Å². The summed E-state index contributed by atoms with van der Waals surface area (Å²) in [5.74, 6) is 0.110. The number of hydrogen-bond donors (Lipinski definition) is 1. The van der Waals surface area contributed by atoms with Crippen molar-refractivity contribution in [2.45, 2.75) is 25.7 Å². The number of carbonyl (C=O) groups is 1. The minimum atomic E-state index is -0.0835. The zero-order chi connectivity index (χ0) is 15.1. The summed E-state index contributed by atoms with van der Waals surface area (Å²) in [6.07, 6.45) is 4.02. The maximum atomic E-state index is 12.7. The lowest BCUT2D eigenvalue weighted by Crippen LogP contribution is -2.34. The third-order valence-electron chi connectivity index (χ3n) is 4.78. The summed E-state index contributed by atoms with van der Waals surface area (Å²) in [7, 11) is 0. The van der Waals surface area contributed by atoms with Crippen molar-refractivity contribution < 1.29 is 9.90 Å². The van der Waals surface area contributed by atoms with Gasteiger partial charge < -0.3 is 10.0 Å². The van der Waals surface area contributed by atoms with Crippen LogP contribution in [0.15, 0.2) is 36.4 Å². The van der Waals surface area contributed by atoms with Crippen LogP contribution in [0.2, 0.25) is 0 Å². The van der Waals surface area contributed by atoms with E-state index in [1.54, 1.807) is 12.1 Å². The van der Waals surface area contributed by atoms with Crippen LogP contribution in [0.4, 0.5) is 5.69 Å². The van der Waals surface area contributed by atoms with Crippen LogP contribution in [0.1, 0.15) is 39.9 Å². The number of phenols is 1. The molecule has 0 spiro atoms. The Morgan fingerprint density at radius 2 is 1.77 bits per heavy atom. The van der Waals surface area contributed by atoms with E-state index in [0.29, 0.717) is 11.1 Å². The topological polar surface area (TPSA) is 40.5 Å². The van der Waals surface area contributed by atoms with Crippen molar-refractivity contribution in [3.8, 4) is 5.75 Å². The van der Waals surface area contributed by atoms with Gasteiger partial charge in [0.1, 0.15) is 5.75 Å². The Kier molecular flexibility index (Phi) is 3.14. The molecule has 0 aromatic heterocycles. The lowest BCUT2D eigenvalue weighted by molar-refractivity contribution is 0.103. The molecule has 1 N–H and O–H groups in total. The fraction of sp³-hybridized carbons (Fsp3) is 0.316. The van der Waals surface area contributed by atoms with Crippen molar-refractivity contribution in [1.29, 1.82) is 0 Å². The van der Waals surface area contributed by atoms with Crippen LogP contribution in [0.3, 0.4) is 0 Å². The number of aromatic hydroxyl groups is 1. The van der Waals surface area contributed by atoms with Crippen molar-refractivity contribution in [3.63, 3.8) is 0 Å². The fourth-order valence-corrected chi connectivity index (χ4v) is 3.76. The van der Waals surface area contributed by atoms with Gasteiger partial charge in [-0.05, 0) is 37.3 Å². The Morgan fingerprint density at radius 1 is 1.05 bits per heavy atom. The van der Waals surface area contributed by atoms with Gasteiger partial charge in [-0.2, -0.15) is 0 Å². The predicted molar refractivity (Wildman–Crippen MR) is 86.8 cm³/mol. The molecule has 4 rings (SSSR count). The van der Waals surface area contributed by atoms with E-state index in [4.69, 9.17) is 0 Å². The van der Waals surface area contributed by atoms with E-state index in [1.165, 1.54) is 11.3 Å². The first-order valence-electron chi connectivity index (χ1n) is 7.98. The second-order valence-corrected chi connectivity index (χ2v) is 6.15. The Labute approximate surface area is 130 Å². The maximum absolute atomic E-state index is 12.7. The van der Waals surface area contributed by atoms with Gasteiger partial charge in [0.2, 0.25) is 0 Å². The Balaban J connectivity index is 1.86. The van der Waals surface area contributed by atoms with E-state index in [1.807, 2.05) is 24.3 Å². The highest BCUT2D eigenvalue weighted by atomic mass is 16.3. The summed E-state index contributed by atoms with van der Waals surface area (Å²) in [5.41, 5.74) is 4.48. The van der Waals surface area contributed by atoms with Crippen LogP contribution >= 0.6 is 0 Å². The molecule has 0 saturated carbocycles. The van der Waals surface area contributed by atoms with Gasteiger partial charge in [-0.25, -0.2) is 0 Å². The summed E-state index contributed by atoms with van der Waals surface area (Å²) in [5, 5.41) is 10.7. The number of rotatable bonds is 2. The van der Waals surface area contributed by atoms with Crippen LogP contribution in [0.25, 0.3) is 0 Å². The largest absolute Gasteiger partial charge is 0.507 e. The van der Waals surface area contributed by atoms with Crippen molar-refractivity contribution in [3.05, 3.63) is 58.7 Å². The Morgan fingerprint density at radius 3 is 2.55 bits per heavy atom. The molecule has 0 radical (unpaired) electrons. The molecule has 22 heavy (non-hydrogen) atoms. The van der Waals surface area contributed by atoms with E-state index in [2.05, 4.69) is 4.90 Å². The third kappa shape index (κ3) is 2.00. The van der Waals surface area contributed by atoms with Gasteiger partial charge in [-0.15, -0.1) is 0 Å². The molecule has 0 amide bonds. The lowest BCUT2D eigenvalue weighted by atomic mass is 9.87. The predicted octanol–water partition coefficient (Wildman–Crippen LogP) is 3.32. The molecule has 2 aromatic carbocycles. The van der Waals surface area contributed by atoms with Gasteiger partial charge in [0.25, 0.3) is 0 Å². The minimum absolute atomic E-state index is 0.0835. The molecule has 0 atom stereocenters. The number of aryl methyl sites for hydroxylation is 1. The first-order chi connectivity index (χ1) is 10.8. The molecule has 112 valence electrons. The van der Waals surface area contributed by atoms with Crippen LogP contribution in [0, 0.1) is 0 Å². The van der Waals surface area contributed by atoms with Crippen molar-refractivity contribution in [1.82, 2.24) is 0 Å². The summed E-state index contributed by atoms with van der Waals surface area (Å²) < 4.78 is 0. The van der Waals surface area contributed by atoms with Crippen molar-refractivity contribution >= 4 is 11.5 Å². The molecule has 0 aliphatic carbocycles. The summed E-state index contributed by atoms with van der Waals surface area (Å²) >= 11 is 0. The second-order valence-electron chi connectivity index (χ2n) is 6.15. The fourth-order valence-electron chi connectivity index (χ4n) is 3.76. The molecular weight excluding hydrogens is 274 g/mol. The van der Waals surface area contributed by atoms with Gasteiger partial charge in [-0.1, -0.05) is 30.3 Å². The number of benzene rings is 2. The zero-order valence-electron chi connectivity index (χ0n) is 12.5. The van der Waals surface area contributed by atoms with E-state index in [9.17, 15) is 9.90 Å². The average molecular weight is 293 g/mol. The highest BCUT2D eigenvalue weighted by molar-refractivity contribution is 6.11. The molecule has 2 aliphatic heterocycles. The van der Waals surface area contributed by atoms with E-state index in [-0.39, 0.29) is 11.5 Å². The summed E-state index contributed by atoms with van der Waals surface area (Å²) in [6, 6.07) is 11.1. The average Bonchev–Trinajstić information content (AvgIpc) is 2.58. The summed E-state index contributed by atoms with van der Waals surface area (Å²) in [4.78, 5) is 15.1. The van der Waals surface area contributed by atoms with Gasteiger partial charge in [0.15, 0.2) is 5.78 Å². The molecule has 2 heterocycles. The molecule has 2 aliphatic rings. The quantitative estimate of drug-likeness (QED) is 0.864. The van der Waals surface area contributed by atoms with Crippen LogP contribution < -0.4 is 4.90 Å². The number of phenolic OH excluding ortho intramolecular Hbond substituents is 1. The number of nitrogens with zero attached hydrogens (tertiary/aromatic N) is 1. The minimum Gasteiger partial charge on any atom is -0.507 e. The number of ketones is 1. The number of anilines is 1. The highest BCUT2D eigenvalue weighted by Crippen LogP contribution is 2.42. The van der Waals surface area contributed by atoms with Gasteiger partial charge in [-0.3, -0.25) is 4.79 Å². The monoisotopic (exact) mass is 293 g/mol. The van der Waals surface area contributed by atoms with Gasteiger partial charge in [0.05, 0.1) is 5.56 Å². The third-order valence-corrected chi connectivity index (χ3v) is 4.78. The first-order valence-corrected chi connectivity index (χ1v) is 7.98. The standard InChI is InChI=1S/C19H19NO2/c21-18(13-6-2-1-3-7-13)16-12-14-8-4-10-20-11-5-9-15(17(14)20)19(16)22/h1-3,6-7,12,22H,4-5,8-11H2.